The third kappa shape index (κ3) is 4.63. The lowest BCUT2D eigenvalue weighted by Gasteiger charge is -2.12. The summed E-state index contributed by atoms with van der Waals surface area (Å²) in [4.78, 5) is 24.5. The molecule has 1 aliphatic carbocycles. The van der Waals surface area contributed by atoms with Crippen molar-refractivity contribution in [2.24, 2.45) is 5.92 Å². The van der Waals surface area contributed by atoms with Gasteiger partial charge in [-0.25, -0.2) is 0 Å². The largest absolute Gasteiger partial charge is 0.326 e. The highest BCUT2D eigenvalue weighted by molar-refractivity contribution is 7.97. The van der Waals surface area contributed by atoms with E-state index in [1.165, 1.54) is 0 Å². The van der Waals surface area contributed by atoms with Crippen LogP contribution in [0.25, 0.3) is 0 Å². The van der Waals surface area contributed by atoms with Gasteiger partial charge in [0.2, 0.25) is 5.91 Å². The highest BCUT2D eigenvalue weighted by Gasteiger charge is 2.29. The van der Waals surface area contributed by atoms with Crippen LogP contribution in [0.15, 0.2) is 42.5 Å². The monoisotopic (exact) mass is 354 g/mol. The molecule has 1 saturated carbocycles. The fourth-order valence-electron chi connectivity index (χ4n) is 2.59. The number of benzene rings is 2. The van der Waals surface area contributed by atoms with Crippen molar-refractivity contribution < 1.29 is 9.59 Å². The summed E-state index contributed by atoms with van der Waals surface area (Å²) in [5, 5.41) is 5.87. The van der Waals surface area contributed by atoms with Gasteiger partial charge in [0.15, 0.2) is 0 Å². The zero-order chi connectivity index (χ0) is 17.8. The minimum absolute atomic E-state index is 0.0610. The lowest BCUT2D eigenvalue weighted by atomic mass is 10.1. The molecule has 4 nitrogen and oxygen atoms in total. The van der Waals surface area contributed by atoms with Gasteiger partial charge in [0.1, 0.15) is 0 Å². The Kier molecular flexibility index (Phi) is 5.43. The molecule has 3 rings (SSSR count). The van der Waals surface area contributed by atoms with Gasteiger partial charge >= 0.3 is 0 Å². The third-order valence-corrected chi connectivity index (χ3v) is 4.82. The minimum atomic E-state index is -0.142. The average Bonchev–Trinajstić information content (AvgIpc) is 3.43. The number of anilines is 2. The molecule has 2 N–H and O–H groups in total. The molecule has 2 aromatic rings. The van der Waals surface area contributed by atoms with Crippen LogP contribution in [0, 0.1) is 12.8 Å². The molecule has 0 radical (unpaired) electrons. The van der Waals surface area contributed by atoms with E-state index in [-0.39, 0.29) is 17.7 Å². The van der Waals surface area contributed by atoms with Gasteiger partial charge in [-0.3, -0.25) is 9.59 Å². The van der Waals surface area contributed by atoms with Crippen LogP contribution >= 0.6 is 11.8 Å². The predicted octanol–water partition coefficient (Wildman–Crippen LogP) is 4.46. The van der Waals surface area contributed by atoms with Crippen LogP contribution in [-0.4, -0.2) is 18.1 Å². The number of amides is 2. The molecule has 0 unspecified atom stereocenters. The SMILES string of the molecule is CSCc1cccc(C(=O)Nc2cc(NC(=O)C3CC3)ccc2C)c1. The maximum absolute atomic E-state index is 12.6. The molecule has 1 aliphatic rings. The minimum Gasteiger partial charge on any atom is -0.326 e. The van der Waals surface area contributed by atoms with E-state index in [0.717, 1.165) is 29.7 Å². The number of hydrogen-bond acceptors (Lipinski definition) is 3. The molecule has 0 heterocycles. The van der Waals surface area contributed by atoms with Gasteiger partial charge in [-0.15, -0.1) is 0 Å². The molecule has 0 atom stereocenters. The topological polar surface area (TPSA) is 58.2 Å². The maximum Gasteiger partial charge on any atom is 0.255 e. The van der Waals surface area contributed by atoms with E-state index >= 15 is 0 Å². The molecule has 0 aromatic heterocycles. The smallest absolute Gasteiger partial charge is 0.255 e. The van der Waals surface area contributed by atoms with Crippen molar-refractivity contribution in [2.75, 3.05) is 16.9 Å². The Morgan fingerprint density at radius 2 is 1.92 bits per heavy atom. The van der Waals surface area contributed by atoms with Crippen LogP contribution in [0.3, 0.4) is 0 Å². The van der Waals surface area contributed by atoms with Crippen molar-refractivity contribution in [3.05, 3.63) is 59.2 Å². The van der Waals surface area contributed by atoms with Gasteiger partial charge in [-0.05, 0) is 61.4 Å². The van der Waals surface area contributed by atoms with E-state index in [1.54, 1.807) is 11.8 Å². The van der Waals surface area contributed by atoms with Gasteiger partial charge in [0, 0.05) is 28.6 Å². The summed E-state index contributed by atoms with van der Waals surface area (Å²) < 4.78 is 0. The molecule has 25 heavy (non-hydrogen) atoms. The Balaban J connectivity index is 1.73. The Morgan fingerprint density at radius 1 is 1.12 bits per heavy atom. The van der Waals surface area contributed by atoms with E-state index < -0.39 is 0 Å². The summed E-state index contributed by atoms with van der Waals surface area (Å²) in [5.41, 5.74) is 4.15. The van der Waals surface area contributed by atoms with Crippen molar-refractivity contribution in [2.45, 2.75) is 25.5 Å². The second kappa shape index (κ2) is 7.74. The van der Waals surface area contributed by atoms with Crippen LogP contribution < -0.4 is 10.6 Å². The first-order valence-corrected chi connectivity index (χ1v) is 9.77. The number of hydrogen-bond donors (Lipinski definition) is 2. The lowest BCUT2D eigenvalue weighted by molar-refractivity contribution is -0.117. The van der Waals surface area contributed by atoms with Gasteiger partial charge in [-0.2, -0.15) is 11.8 Å². The van der Waals surface area contributed by atoms with Crippen molar-refractivity contribution in [3.8, 4) is 0 Å². The standard InChI is InChI=1S/C20H22N2O2S/c1-13-6-9-17(21-19(23)15-7-8-15)11-18(13)22-20(24)16-5-3-4-14(10-16)12-25-2/h3-6,9-11,15H,7-8,12H2,1-2H3,(H,21,23)(H,22,24). The molecular weight excluding hydrogens is 332 g/mol. The third-order valence-electron chi connectivity index (χ3n) is 4.20. The van der Waals surface area contributed by atoms with Crippen LogP contribution in [0.1, 0.15) is 34.3 Å². The van der Waals surface area contributed by atoms with Crippen LogP contribution in [0.5, 0.6) is 0 Å². The molecule has 2 aromatic carbocycles. The number of carbonyl (C=O) groups is 2. The van der Waals surface area contributed by atoms with E-state index in [0.29, 0.717) is 16.9 Å². The molecule has 130 valence electrons. The van der Waals surface area contributed by atoms with Crippen LogP contribution in [-0.2, 0) is 10.5 Å². The summed E-state index contributed by atoms with van der Waals surface area (Å²) in [6.45, 7) is 1.94. The van der Waals surface area contributed by atoms with Crippen molar-refractivity contribution in [1.82, 2.24) is 0 Å². The normalized spacial score (nSPS) is 13.4. The second-order valence-electron chi connectivity index (χ2n) is 6.38. The van der Waals surface area contributed by atoms with Crippen molar-refractivity contribution >= 4 is 35.0 Å². The summed E-state index contributed by atoms with van der Waals surface area (Å²) in [6.07, 6.45) is 3.97. The molecule has 0 saturated heterocycles. The van der Waals surface area contributed by atoms with Crippen molar-refractivity contribution in [3.63, 3.8) is 0 Å². The van der Waals surface area contributed by atoms with Gasteiger partial charge in [0.05, 0.1) is 0 Å². The molecule has 2 amide bonds. The number of carbonyl (C=O) groups excluding carboxylic acids is 2. The number of nitrogens with one attached hydrogen (secondary N) is 2. The summed E-state index contributed by atoms with van der Waals surface area (Å²) in [6, 6.07) is 13.2. The fourth-order valence-corrected chi connectivity index (χ4v) is 3.10. The summed E-state index contributed by atoms with van der Waals surface area (Å²) in [5.74, 6) is 0.948. The highest BCUT2D eigenvalue weighted by Crippen LogP contribution is 2.31. The Bertz CT molecular complexity index is 800. The Labute approximate surface area is 152 Å². The average molecular weight is 354 g/mol. The van der Waals surface area contributed by atoms with Crippen molar-refractivity contribution in [1.29, 1.82) is 0 Å². The van der Waals surface area contributed by atoms with Gasteiger partial charge < -0.3 is 10.6 Å². The van der Waals surface area contributed by atoms with E-state index in [9.17, 15) is 9.59 Å². The molecule has 1 fully saturated rings. The second-order valence-corrected chi connectivity index (χ2v) is 7.25. The van der Waals surface area contributed by atoms with E-state index in [2.05, 4.69) is 10.6 Å². The van der Waals surface area contributed by atoms with E-state index in [1.807, 2.05) is 55.6 Å². The maximum atomic E-state index is 12.6. The first-order valence-electron chi connectivity index (χ1n) is 8.37. The number of thioether (sulfide) groups is 1. The van der Waals surface area contributed by atoms with E-state index in [4.69, 9.17) is 0 Å². The lowest BCUT2D eigenvalue weighted by Crippen LogP contribution is -2.15. The highest BCUT2D eigenvalue weighted by atomic mass is 32.2. The zero-order valence-electron chi connectivity index (χ0n) is 14.5. The Hall–Kier alpha value is -2.27. The summed E-state index contributed by atoms with van der Waals surface area (Å²) >= 11 is 1.72. The Morgan fingerprint density at radius 3 is 2.64 bits per heavy atom. The number of aryl methyl sites for hydroxylation is 1. The fraction of sp³-hybridized carbons (Fsp3) is 0.300. The number of rotatable bonds is 6. The molecular formula is C20H22N2O2S. The van der Waals surface area contributed by atoms with Gasteiger partial charge in [-0.1, -0.05) is 18.2 Å². The first-order chi connectivity index (χ1) is 12.1. The van der Waals surface area contributed by atoms with Crippen LogP contribution in [0.2, 0.25) is 0 Å². The van der Waals surface area contributed by atoms with Crippen LogP contribution in [0.4, 0.5) is 11.4 Å². The predicted molar refractivity (Wildman–Crippen MR) is 104 cm³/mol. The zero-order valence-corrected chi connectivity index (χ0v) is 15.3. The molecule has 0 aliphatic heterocycles. The quantitative estimate of drug-likeness (QED) is 0.805. The molecule has 0 spiro atoms. The summed E-state index contributed by atoms with van der Waals surface area (Å²) in [7, 11) is 0. The molecule has 5 heteroatoms. The first kappa shape index (κ1) is 17.5. The van der Waals surface area contributed by atoms with Gasteiger partial charge in [0.25, 0.3) is 5.91 Å². The molecule has 0 bridgehead atoms.